The molecule has 0 radical (unpaired) electrons. The predicted octanol–water partition coefficient (Wildman–Crippen LogP) is 0.250. The van der Waals surface area contributed by atoms with E-state index in [0.717, 1.165) is 25.3 Å². The van der Waals surface area contributed by atoms with Gasteiger partial charge in [-0.2, -0.15) is 0 Å². The van der Waals surface area contributed by atoms with Crippen LogP contribution in [0.2, 0.25) is 0 Å². The van der Waals surface area contributed by atoms with Crippen LogP contribution >= 0.6 is 0 Å². The van der Waals surface area contributed by atoms with Gasteiger partial charge in [-0.1, -0.05) is 0 Å². The predicted molar refractivity (Wildman–Crippen MR) is 67.7 cm³/mol. The topological polar surface area (TPSA) is 147 Å². The minimum atomic E-state index is -1.73. The number of aliphatic hydroxyl groups is 2. The van der Waals surface area contributed by atoms with Gasteiger partial charge in [0, 0.05) is 6.07 Å². The Morgan fingerprint density at radius 2 is 2.00 bits per heavy atom. The van der Waals surface area contributed by atoms with Crippen LogP contribution in [0.4, 0.5) is 5.69 Å². The molecule has 1 aromatic carbocycles. The van der Waals surface area contributed by atoms with E-state index in [0.29, 0.717) is 0 Å². The van der Waals surface area contributed by atoms with Crippen LogP contribution in [0.1, 0.15) is 28.4 Å². The van der Waals surface area contributed by atoms with Crippen molar-refractivity contribution >= 4 is 17.6 Å². The Balaban J connectivity index is 3.13. The highest BCUT2D eigenvalue weighted by Crippen LogP contribution is 2.29. The average molecular weight is 299 g/mol. The Hall–Kier alpha value is -2.52. The minimum absolute atomic E-state index is 0.290. The van der Waals surface area contributed by atoms with Crippen molar-refractivity contribution < 1.29 is 34.6 Å². The van der Waals surface area contributed by atoms with Crippen LogP contribution in [0.25, 0.3) is 0 Å². The smallest absolute Gasteiger partial charge is 0.335 e. The van der Waals surface area contributed by atoms with Gasteiger partial charge in [-0.25, -0.2) is 4.79 Å². The van der Waals surface area contributed by atoms with Crippen LogP contribution in [-0.2, 0) is 9.53 Å². The summed E-state index contributed by atoms with van der Waals surface area (Å²) < 4.78 is 4.31. The number of nitro benzene ring substituents is 1. The number of rotatable bonds is 6. The number of methoxy groups -OCH3 is 1. The summed E-state index contributed by atoms with van der Waals surface area (Å²) in [5, 5.41) is 39.3. The van der Waals surface area contributed by atoms with E-state index < -0.39 is 41.2 Å². The maximum atomic E-state index is 11.0. The summed E-state index contributed by atoms with van der Waals surface area (Å²) in [6.45, 7) is 0. The van der Waals surface area contributed by atoms with Crippen molar-refractivity contribution in [3.05, 3.63) is 39.4 Å². The van der Waals surface area contributed by atoms with E-state index in [-0.39, 0.29) is 11.1 Å². The number of carbonyl (C=O) groups excluding carboxylic acids is 1. The first-order chi connectivity index (χ1) is 9.77. The van der Waals surface area contributed by atoms with E-state index >= 15 is 0 Å². The molecule has 2 unspecified atom stereocenters. The fraction of sp³-hybridized carbons (Fsp3) is 0.333. The van der Waals surface area contributed by atoms with Crippen LogP contribution in [0.15, 0.2) is 18.2 Å². The van der Waals surface area contributed by atoms with Crippen LogP contribution in [0, 0.1) is 10.1 Å². The third-order valence-electron chi connectivity index (χ3n) is 2.76. The van der Waals surface area contributed by atoms with Gasteiger partial charge in [0.2, 0.25) is 0 Å². The second-order valence-corrected chi connectivity index (χ2v) is 4.13. The fourth-order valence-corrected chi connectivity index (χ4v) is 1.66. The summed E-state index contributed by atoms with van der Waals surface area (Å²) in [4.78, 5) is 31.8. The molecule has 2 atom stereocenters. The van der Waals surface area contributed by atoms with Crippen molar-refractivity contribution in [3.63, 3.8) is 0 Å². The molecule has 0 amide bonds. The molecule has 0 aromatic heterocycles. The molecule has 3 N–H and O–H groups in total. The zero-order valence-electron chi connectivity index (χ0n) is 10.9. The summed E-state index contributed by atoms with van der Waals surface area (Å²) in [6.07, 6.45) is -3.91. The van der Waals surface area contributed by atoms with Crippen molar-refractivity contribution in [3.8, 4) is 0 Å². The number of ether oxygens (including phenoxy) is 1. The quantitative estimate of drug-likeness (QED) is 0.384. The highest BCUT2D eigenvalue weighted by Gasteiger charge is 2.29. The molecule has 1 aromatic rings. The van der Waals surface area contributed by atoms with E-state index in [9.17, 15) is 29.9 Å². The first-order valence-corrected chi connectivity index (χ1v) is 5.72. The van der Waals surface area contributed by atoms with Gasteiger partial charge in [0.1, 0.15) is 6.10 Å². The molecule has 0 aliphatic rings. The molecule has 0 aliphatic carbocycles. The molecule has 9 heteroatoms. The number of carboxylic acids is 1. The molecular formula is C12H13NO8. The number of aromatic carboxylic acids is 1. The van der Waals surface area contributed by atoms with Crippen molar-refractivity contribution in [1.82, 2.24) is 0 Å². The number of nitrogens with zero attached hydrogens (tertiary/aromatic N) is 1. The molecular weight excluding hydrogens is 286 g/mol. The maximum absolute atomic E-state index is 11.0. The first-order valence-electron chi connectivity index (χ1n) is 5.72. The Kier molecular flexibility index (Phi) is 5.33. The van der Waals surface area contributed by atoms with Gasteiger partial charge < -0.3 is 20.1 Å². The summed E-state index contributed by atoms with van der Waals surface area (Å²) in [7, 11) is 1.09. The lowest BCUT2D eigenvalue weighted by atomic mass is 9.99. The van der Waals surface area contributed by atoms with Crippen molar-refractivity contribution in [2.75, 3.05) is 7.11 Å². The summed E-state index contributed by atoms with van der Waals surface area (Å²) in [5.41, 5.74) is -1.28. The molecule has 0 heterocycles. The van der Waals surface area contributed by atoms with Crippen molar-refractivity contribution in [2.45, 2.75) is 18.6 Å². The third-order valence-corrected chi connectivity index (χ3v) is 2.76. The monoisotopic (exact) mass is 299 g/mol. The van der Waals surface area contributed by atoms with E-state index in [1.807, 2.05) is 0 Å². The molecule has 0 spiro atoms. The lowest BCUT2D eigenvalue weighted by Crippen LogP contribution is -2.23. The molecule has 0 fully saturated rings. The van der Waals surface area contributed by atoms with Gasteiger partial charge in [-0.05, 0) is 12.1 Å². The number of carboxylic acid groups (broad SMARTS) is 1. The Morgan fingerprint density at radius 3 is 2.48 bits per heavy atom. The number of nitro groups is 1. The molecule has 1 rings (SSSR count). The Labute approximate surface area is 118 Å². The molecule has 0 aliphatic heterocycles. The highest BCUT2D eigenvalue weighted by molar-refractivity contribution is 5.88. The first kappa shape index (κ1) is 16.5. The standard InChI is InChI=1S/C12H13NO8/c1-21-10(15)5-9(14)11(16)7-3-2-6(12(17)18)4-8(7)13(19)20/h2-4,9,11,14,16H,5H2,1H3,(H,17,18). The zero-order valence-corrected chi connectivity index (χ0v) is 10.9. The van der Waals surface area contributed by atoms with Gasteiger partial charge in [-0.3, -0.25) is 14.9 Å². The van der Waals surface area contributed by atoms with Gasteiger partial charge in [0.25, 0.3) is 5.69 Å². The van der Waals surface area contributed by atoms with Crippen LogP contribution < -0.4 is 0 Å². The van der Waals surface area contributed by atoms with Crippen LogP contribution in [0.5, 0.6) is 0 Å². The third kappa shape index (κ3) is 3.97. The fourth-order valence-electron chi connectivity index (χ4n) is 1.66. The van der Waals surface area contributed by atoms with Crippen molar-refractivity contribution in [2.24, 2.45) is 0 Å². The second-order valence-electron chi connectivity index (χ2n) is 4.13. The van der Waals surface area contributed by atoms with Gasteiger partial charge in [0.05, 0.1) is 35.7 Å². The Bertz CT molecular complexity index is 570. The van der Waals surface area contributed by atoms with E-state index in [1.54, 1.807) is 0 Å². The molecule has 0 saturated heterocycles. The maximum Gasteiger partial charge on any atom is 0.335 e. The lowest BCUT2D eigenvalue weighted by molar-refractivity contribution is -0.386. The van der Waals surface area contributed by atoms with E-state index in [2.05, 4.69) is 4.74 Å². The summed E-state index contributed by atoms with van der Waals surface area (Å²) >= 11 is 0. The number of carbonyl (C=O) groups is 2. The molecule has 21 heavy (non-hydrogen) atoms. The van der Waals surface area contributed by atoms with Crippen LogP contribution in [-0.4, -0.2) is 45.4 Å². The minimum Gasteiger partial charge on any atom is -0.478 e. The van der Waals surface area contributed by atoms with E-state index in [4.69, 9.17) is 5.11 Å². The average Bonchev–Trinajstić information content (AvgIpc) is 2.45. The Morgan fingerprint density at radius 1 is 1.38 bits per heavy atom. The molecule has 114 valence electrons. The largest absolute Gasteiger partial charge is 0.478 e. The molecule has 0 saturated carbocycles. The van der Waals surface area contributed by atoms with Gasteiger partial charge in [-0.15, -0.1) is 0 Å². The van der Waals surface area contributed by atoms with Crippen LogP contribution in [0.3, 0.4) is 0 Å². The van der Waals surface area contributed by atoms with Crippen molar-refractivity contribution in [1.29, 1.82) is 0 Å². The summed E-state index contributed by atoms with van der Waals surface area (Å²) in [6, 6.07) is 2.84. The number of esters is 1. The molecule has 9 nitrogen and oxygen atoms in total. The SMILES string of the molecule is COC(=O)CC(O)C(O)c1ccc(C(=O)O)cc1[N+](=O)[O-]. The number of hydrogen-bond acceptors (Lipinski definition) is 7. The number of hydrogen-bond donors (Lipinski definition) is 3. The van der Waals surface area contributed by atoms with E-state index in [1.165, 1.54) is 0 Å². The van der Waals surface area contributed by atoms with Gasteiger partial charge >= 0.3 is 11.9 Å². The second kappa shape index (κ2) is 6.77. The zero-order chi connectivity index (χ0) is 16.2. The summed E-state index contributed by atoms with van der Waals surface area (Å²) in [5.74, 6) is -2.17. The number of aliphatic hydroxyl groups excluding tert-OH is 2. The highest BCUT2D eigenvalue weighted by atomic mass is 16.6. The van der Waals surface area contributed by atoms with Gasteiger partial charge in [0.15, 0.2) is 0 Å². The normalized spacial score (nSPS) is 13.3. The lowest BCUT2D eigenvalue weighted by Gasteiger charge is -2.17. The molecule has 0 bridgehead atoms. The number of benzene rings is 1.